The monoisotopic (exact) mass is 179 g/mol. The fraction of sp³-hybridized carbons (Fsp3) is 0.778. The van der Waals surface area contributed by atoms with Crippen molar-refractivity contribution in [2.45, 2.75) is 31.3 Å². The molecule has 1 aliphatic heterocycles. The Hall–Kier alpha value is -1.08. The average Bonchev–Trinajstić information content (AvgIpc) is 2.74. The smallest absolute Gasteiger partial charge is 0.238 e. The Kier molecular flexibility index (Phi) is 2.19. The van der Waals surface area contributed by atoms with Gasteiger partial charge in [-0.15, -0.1) is 0 Å². The summed E-state index contributed by atoms with van der Waals surface area (Å²) in [6.07, 6.45) is 3.49. The van der Waals surface area contributed by atoms with E-state index in [2.05, 4.69) is 10.6 Å². The van der Waals surface area contributed by atoms with E-state index in [1.54, 1.807) is 0 Å². The summed E-state index contributed by atoms with van der Waals surface area (Å²) in [5, 5.41) is 14.2. The molecule has 13 heavy (non-hydrogen) atoms. The fourth-order valence-electron chi connectivity index (χ4n) is 2.39. The zero-order valence-electron chi connectivity index (χ0n) is 7.42. The van der Waals surface area contributed by atoms with E-state index < -0.39 is 0 Å². The highest BCUT2D eigenvalue weighted by Crippen LogP contribution is 2.35. The predicted molar refractivity (Wildman–Crippen MR) is 46.7 cm³/mol. The van der Waals surface area contributed by atoms with Crippen molar-refractivity contribution in [1.29, 1.82) is 5.26 Å². The van der Waals surface area contributed by atoms with Gasteiger partial charge < -0.3 is 10.6 Å². The van der Waals surface area contributed by atoms with Gasteiger partial charge in [0.15, 0.2) is 0 Å². The van der Waals surface area contributed by atoms with E-state index in [-0.39, 0.29) is 18.5 Å². The van der Waals surface area contributed by atoms with Gasteiger partial charge in [-0.1, -0.05) is 0 Å². The fourth-order valence-corrected chi connectivity index (χ4v) is 2.39. The number of rotatable bonds is 2. The van der Waals surface area contributed by atoms with E-state index in [1.807, 2.05) is 6.07 Å². The minimum absolute atomic E-state index is 0.00579. The summed E-state index contributed by atoms with van der Waals surface area (Å²) in [7, 11) is 0. The zero-order chi connectivity index (χ0) is 9.26. The molecular formula is C9H13N3O. The number of nitrogens with zero attached hydrogens (tertiary/aromatic N) is 1. The third-order valence-corrected chi connectivity index (χ3v) is 2.98. The normalized spacial score (nSPS) is 35.8. The molecule has 0 aromatic heterocycles. The van der Waals surface area contributed by atoms with Gasteiger partial charge in [0, 0.05) is 6.04 Å². The summed E-state index contributed by atoms with van der Waals surface area (Å²) in [6.45, 7) is 0.119. The highest BCUT2D eigenvalue weighted by atomic mass is 16.2. The quantitative estimate of drug-likeness (QED) is 0.575. The predicted octanol–water partition coefficient (Wildman–Crippen LogP) is -0.233. The first-order chi connectivity index (χ1) is 6.31. The number of hydrogen-bond acceptors (Lipinski definition) is 3. The molecule has 2 N–H and O–H groups in total. The number of fused-ring (bicyclic) bond motifs is 2. The first-order valence-electron chi connectivity index (χ1n) is 4.72. The molecule has 2 fully saturated rings. The van der Waals surface area contributed by atoms with Gasteiger partial charge in [-0.05, 0) is 25.2 Å². The molecule has 2 rings (SSSR count). The summed E-state index contributed by atoms with van der Waals surface area (Å²) in [4.78, 5) is 11.5. The maximum absolute atomic E-state index is 11.5. The van der Waals surface area contributed by atoms with Crippen LogP contribution in [0.2, 0.25) is 0 Å². The van der Waals surface area contributed by atoms with Gasteiger partial charge in [-0.25, -0.2) is 0 Å². The Morgan fingerprint density at radius 2 is 2.46 bits per heavy atom. The molecule has 0 unspecified atom stereocenters. The second-order valence-corrected chi connectivity index (χ2v) is 3.79. The van der Waals surface area contributed by atoms with Gasteiger partial charge in [-0.2, -0.15) is 5.26 Å². The van der Waals surface area contributed by atoms with Crippen LogP contribution in [0.4, 0.5) is 0 Å². The summed E-state index contributed by atoms with van der Waals surface area (Å²) in [6, 6.07) is 2.42. The highest BCUT2D eigenvalue weighted by molar-refractivity contribution is 5.82. The number of carbonyl (C=O) groups is 1. The zero-order valence-corrected chi connectivity index (χ0v) is 7.42. The summed E-state index contributed by atoms with van der Waals surface area (Å²) in [5.41, 5.74) is 0. The van der Waals surface area contributed by atoms with Gasteiger partial charge >= 0.3 is 0 Å². The lowest BCUT2D eigenvalue weighted by molar-refractivity contribution is -0.123. The first-order valence-corrected chi connectivity index (χ1v) is 4.72. The Balaban J connectivity index is 1.88. The van der Waals surface area contributed by atoms with Crippen LogP contribution in [0.3, 0.4) is 0 Å². The van der Waals surface area contributed by atoms with Crippen molar-refractivity contribution >= 4 is 5.91 Å². The van der Waals surface area contributed by atoms with Gasteiger partial charge in [0.1, 0.15) is 6.54 Å². The maximum atomic E-state index is 11.5. The Labute approximate surface area is 77.3 Å². The van der Waals surface area contributed by atoms with Gasteiger partial charge in [0.2, 0.25) is 5.91 Å². The van der Waals surface area contributed by atoms with Crippen LogP contribution < -0.4 is 10.6 Å². The van der Waals surface area contributed by atoms with Crippen LogP contribution in [0.25, 0.3) is 0 Å². The topological polar surface area (TPSA) is 64.9 Å². The van der Waals surface area contributed by atoms with Crippen molar-refractivity contribution in [3.63, 3.8) is 0 Å². The number of nitriles is 1. The van der Waals surface area contributed by atoms with Crippen molar-refractivity contribution in [2.75, 3.05) is 6.54 Å². The third-order valence-electron chi connectivity index (χ3n) is 2.98. The number of hydrogen-bond donors (Lipinski definition) is 2. The molecule has 2 bridgehead atoms. The van der Waals surface area contributed by atoms with Gasteiger partial charge in [0.05, 0.1) is 12.1 Å². The molecule has 1 amide bonds. The molecule has 0 radical (unpaired) electrons. The lowest BCUT2D eigenvalue weighted by atomic mass is 9.99. The molecule has 3 atom stereocenters. The number of nitrogens with one attached hydrogen (secondary N) is 2. The van der Waals surface area contributed by atoms with E-state index in [1.165, 1.54) is 6.42 Å². The third kappa shape index (κ3) is 1.52. The molecular weight excluding hydrogens is 166 g/mol. The number of carbonyl (C=O) groups excluding carboxylic acids is 1. The SMILES string of the molecule is N#CCNC(=O)[C@H]1N[C@@H]2CC[C@H]1C2. The molecule has 70 valence electrons. The van der Waals surface area contributed by atoms with E-state index in [9.17, 15) is 4.79 Å². The molecule has 1 saturated heterocycles. The standard InChI is InChI=1S/C9H13N3O/c10-3-4-11-9(13)8-6-1-2-7(5-6)12-8/h6-8,12H,1-2,4-5H2,(H,11,13)/t6-,7+,8-/m0/s1. The summed E-state index contributed by atoms with van der Waals surface area (Å²) in [5.74, 6) is 0.498. The summed E-state index contributed by atoms with van der Waals surface area (Å²) >= 11 is 0. The van der Waals surface area contributed by atoms with Crippen molar-refractivity contribution < 1.29 is 4.79 Å². The lowest BCUT2D eigenvalue weighted by Crippen LogP contribution is -2.47. The average molecular weight is 179 g/mol. The van der Waals surface area contributed by atoms with E-state index >= 15 is 0 Å². The van der Waals surface area contributed by atoms with Crippen LogP contribution in [-0.2, 0) is 4.79 Å². The number of piperidine rings is 1. The maximum Gasteiger partial charge on any atom is 0.238 e. The molecule has 1 heterocycles. The second kappa shape index (κ2) is 3.35. The molecule has 4 heteroatoms. The molecule has 0 aromatic rings. The van der Waals surface area contributed by atoms with Crippen molar-refractivity contribution in [2.24, 2.45) is 5.92 Å². The van der Waals surface area contributed by atoms with E-state index in [0.29, 0.717) is 12.0 Å². The van der Waals surface area contributed by atoms with Crippen LogP contribution in [0.5, 0.6) is 0 Å². The van der Waals surface area contributed by atoms with E-state index in [4.69, 9.17) is 5.26 Å². The van der Waals surface area contributed by atoms with Crippen LogP contribution in [0.15, 0.2) is 0 Å². The molecule has 0 spiro atoms. The molecule has 4 nitrogen and oxygen atoms in total. The largest absolute Gasteiger partial charge is 0.342 e. The Bertz CT molecular complexity index is 258. The number of amides is 1. The first kappa shape index (κ1) is 8.52. The van der Waals surface area contributed by atoms with Gasteiger partial charge in [-0.3, -0.25) is 4.79 Å². The van der Waals surface area contributed by atoms with Crippen molar-refractivity contribution in [3.8, 4) is 6.07 Å². The van der Waals surface area contributed by atoms with Crippen molar-refractivity contribution in [3.05, 3.63) is 0 Å². The van der Waals surface area contributed by atoms with E-state index in [0.717, 1.165) is 12.8 Å². The van der Waals surface area contributed by atoms with Crippen LogP contribution >= 0.6 is 0 Å². The molecule has 1 saturated carbocycles. The Morgan fingerprint density at radius 3 is 3.00 bits per heavy atom. The van der Waals surface area contributed by atoms with Crippen LogP contribution in [0.1, 0.15) is 19.3 Å². The van der Waals surface area contributed by atoms with Gasteiger partial charge in [0.25, 0.3) is 0 Å². The highest BCUT2D eigenvalue weighted by Gasteiger charge is 2.42. The minimum Gasteiger partial charge on any atom is -0.342 e. The second-order valence-electron chi connectivity index (χ2n) is 3.79. The minimum atomic E-state index is -0.0351. The van der Waals surface area contributed by atoms with Crippen LogP contribution in [0, 0.1) is 17.2 Å². The molecule has 0 aromatic carbocycles. The summed E-state index contributed by atoms with van der Waals surface area (Å²) < 4.78 is 0. The Morgan fingerprint density at radius 1 is 1.62 bits per heavy atom. The molecule has 1 aliphatic carbocycles. The molecule has 2 aliphatic rings. The van der Waals surface area contributed by atoms with Crippen LogP contribution in [-0.4, -0.2) is 24.5 Å². The lowest BCUT2D eigenvalue weighted by Gasteiger charge is -2.21. The van der Waals surface area contributed by atoms with Crippen molar-refractivity contribution in [1.82, 2.24) is 10.6 Å².